The van der Waals surface area contributed by atoms with E-state index in [0.29, 0.717) is 12.2 Å². The van der Waals surface area contributed by atoms with Crippen molar-refractivity contribution in [2.24, 2.45) is 0 Å². The van der Waals surface area contributed by atoms with Crippen molar-refractivity contribution in [1.29, 1.82) is 0 Å². The van der Waals surface area contributed by atoms with E-state index in [0.717, 1.165) is 0 Å². The Morgan fingerprint density at radius 3 is 0.533 bits per heavy atom. The number of isocyanates is 2. The summed E-state index contributed by atoms with van der Waals surface area (Å²) in [6, 6.07) is 0. The number of nitrogens with zero attached hydrogens (tertiary/aromatic N) is 2. The molecule has 0 fully saturated rings. The second-order valence-electron chi connectivity index (χ2n) is 0.183. The minimum atomic E-state index is 0. The van der Waals surface area contributed by atoms with Crippen LogP contribution in [0, 0.1) is 0 Å². The molecule has 0 atom stereocenters. The molecule has 0 heterocycles. The Balaban J connectivity index is -0.00000000148. The molecule has 0 aliphatic rings. The van der Waals surface area contributed by atoms with E-state index in [4.69, 9.17) is 20.4 Å². The smallest absolute Gasteiger partial charge is 2.00 e. The largest absolute Gasteiger partial charge is 2.00 e. The van der Waals surface area contributed by atoms with Gasteiger partial charge in [-0.25, -0.2) is 0 Å². The Labute approximate surface area is 139 Å². The summed E-state index contributed by atoms with van der Waals surface area (Å²) in [4.78, 5) is 16.5. The van der Waals surface area contributed by atoms with E-state index >= 15 is 0 Å². The van der Waals surface area contributed by atoms with Gasteiger partial charge in [0.25, 0.3) is 0 Å². The molecular weight excluding hydrogens is 423 g/mol. The van der Waals surface area contributed by atoms with Crippen molar-refractivity contribution >= 4 is 12.2 Å². The summed E-state index contributed by atoms with van der Waals surface area (Å²) in [5.74, 6) is 0. The zero-order chi connectivity index (χ0) is 5.41. The van der Waals surface area contributed by atoms with Gasteiger partial charge in [-0.05, 0) is 12.2 Å². The number of hydrogen-bond donors (Lipinski definition) is 0. The molecule has 0 aliphatic carbocycles. The molecule has 0 saturated carbocycles. The Kier molecular flexibility index (Phi) is 2770. The molecule has 5 radical (unpaired) electrons. The summed E-state index contributed by atoms with van der Waals surface area (Å²) in [6.45, 7) is 0. The Morgan fingerprint density at radius 2 is 0.533 bits per heavy atom. The molecule has 0 saturated heterocycles. The summed E-state index contributed by atoms with van der Waals surface area (Å²) in [5, 5.41) is 13.5. The fourth-order valence-corrected chi connectivity index (χ4v) is 0. The van der Waals surface area contributed by atoms with Crippen LogP contribution in [0.5, 0.6) is 0 Å². The number of hydrogen-bond acceptors (Lipinski definition) is 2. The second-order valence-corrected chi connectivity index (χ2v) is 0.183. The first-order valence-electron chi connectivity index (χ1n) is 0.855. The maximum absolute atomic E-state index is 8.24. The molecule has 0 rings (SSSR count). The van der Waals surface area contributed by atoms with Crippen LogP contribution in [0.3, 0.4) is 0 Å². The van der Waals surface area contributed by atoms with Gasteiger partial charge in [-0.15, -0.1) is 0 Å². The zero-order valence-corrected chi connectivity index (χ0v) is 12.1. The normalized spacial score (nSPS) is 1.07. The Hall–Kier alpha value is 1.20. The van der Waals surface area contributed by atoms with Crippen molar-refractivity contribution in [2.45, 2.75) is 0 Å². The van der Waals surface area contributed by atoms with Gasteiger partial charge in [-0.1, -0.05) is 0 Å². The van der Waals surface area contributed by atoms with E-state index < -0.39 is 0 Å². The molecule has 8 nitrogen and oxygen atoms in total. The second kappa shape index (κ2) is 300. The van der Waals surface area contributed by atoms with E-state index in [1.807, 2.05) is 0 Å². The van der Waals surface area contributed by atoms with E-state index in [-0.39, 0.29) is 107 Å². The van der Waals surface area contributed by atoms with E-state index in [1.165, 1.54) is 0 Å². The SMILES string of the molecule is [Mn+2].[Mn+2].[Mn+2].[Mn+2].[Mn+2].[N-]=C=O.[N-]=C=O.[O-2].[O-2].[O-2].[O-2]. The molecular formula is C2Mn5N2O6. The van der Waals surface area contributed by atoms with Crippen LogP contribution in [0.4, 0.5) is 0 Å². The first kappa shape index (κ1) is 138. The van der Waals surface area contributed by atoms with Crippen LogP contribution >= 0.6 is 0 Å². The molecule has 0 aromatic carbocycles. The maximum atomic E-state index is 8.24. The zero-order valence-electron chi connectivity index (χ0n) is 6.23. The van der Waals surface area contributed by atoms with Crippen molar-refractivity contribution < 1.29 is 117 Å². The van der Waals surface area contributed by atoms with Crippen LogP contribution in [0.15, 0.2) is 0 Å². The first-order valence-corrected chi connectivity index (χ1v) is 0.855. The van der Waals surface area contributed by atoms with Gasteiger partial charge in [0, 0.05) is 0 Å². The number of rotatable bonds is 0. The minimum Gasteiger partial charge on any atom is -2.00 e. The molecule has 0 unspecified atom stereocenters. The van der Waals surface area contributed by atoms with E-state index in [2.05, 4.69) is 0 Å². The van der Waals surface area contributed by atoms with Gasteiger partial charge in [-0.2, -0.15) is 0 Å². The van der Waals surface area contributed by atoms with Crippen molar-refractivity contribution in [3.63, 3.8) is 0 Å². The first-order chi connectivity index (χ1) is 2.83. The fourth-order valence-electron chi connectivity index (χ4n) is 0. The molecule has 15 heavy (non-hydrogen) atoms. The van der Waals surface area contributed by atoms with Crippen molar-refractivity contribution in [1.82, 2.24) is 0 Å². The summed E-state index contributed by atoms with van der Waals surface area (Å²) in [5.41, 5.74) is 0. The van der Waals surface area contributed by atoms with Crippen LogP contribution in [0.25, 0.3) is 10.8 Å². The molecule has 0 aromatic rings. The van der Waals surface area contributed by atoms with Gasteiger partial charge in [-0.3, -0.25) is 9.59 Å². The van der Waals surface area contributed by atoms with Crippen LogP contribution in [-0.4, -0.2) is 12.2 Å². The van der Waals surface area contributed by atoms with Crippen molar-refractivity contribution in [3.05, 3.63) is 10.8 Å². The van der Waals surface area contributed by atoms with Gasteiger partial charge in [0.2, 0.25) is 0 Å². The molecule has 0 spiro atoms. The molecule has 89 valence electrons. The van der Waals surface area contributed by atoms with Crippen LogP contribution < -0.4 is 0 Å². The van der Waals surface area contributed by atoms with E-state index in [9.17, 15) is 0 Å². The molecule has 0 aromatic heterocycles. The fraction of sp³-hybridized carbons (Fsp3) is 0. The molecule has 0 amide bonds. The molecule has 0 bridgehead atoms. The van der Waals surface area contributed by atoms with Gasteiger partial charge in [0.1, 0.15) is 0 Å². The van der Waals surface area contributed by atoms with Gasteiger partial charge in [0.15, 0.2) is 0 Å². The quantitative estimate of drug-likeness (QED) is 0.283. The van der Waals surface area contributed by atoms with E-state index in [1.54, 1.807) is 0 Å². The maximum Gasteiger partial charge on any atom is 2.00 e. The van der Waals surface area contributed by atoms with Crippen molar-refractivity contribution in [3.8, 4) is 0 Å². The topological polar surface area (TPSA) is 193 Å². The third-order valence-electron chi connectivity index (χ3n) is 0. The Morgan fingerprint density at radius 1 is 0.533 bits per heavy atom. The molecule has 13 heteroatoms. The van der Waals surface area contributed by atoms with Crippen molar-refractivity contribution in [2.75, 3.05) is 0 Å². The predicted molar refractivity (Wildman–Crippen MR) is 20.9 cm³/mol. The van der Waals surface area contributed by atoms with Gasteiger partial charge in [0.05, 0.1) is 0 Å². The Bertz CT molecular complexity index is 81.5. The minimum absolute atomic E-state index is 0. The average Bonchev–Trinajstić information content (AvgIpc) is 1.39. The van der Waals surface area contributed by atoms with Crippen LogP contribution in [-0.2, 0) is 117 Å². The van der Waals surface area contributed by atoms with Gasteiger partial charge >= 0.3 is 85.3 Å². The third kappa shape index (κ3) is 1850. The molecule has 0 aliphatic heterocycles. The monoisotopic (exact) mass is 423 g/mol. The summed E-state index contributed by atoms with van der Waals surface area (Å²) in [6.07, 6.45) is 1.00. The standard InChI is InChI=1S/2CNO.5Mn.4O/c2*2-1-3;;;;;;;;;/q2*-1;5*+2;4*-2. The summed E-state index contributed by atoms with van der Waals surface area (Å²) < 4.78 is 0. The summed E-state index contributed by atoms with van der Waals surface area (Å²) >= 11 is 0. The van der Waals surface area contributed by atoms with Gasteiger partial charge < -0.3 is 32.7 Å². The predicted octanol–water partition coefficient (Wildman–Crippen LogP) is -0.705. The van der Waals surface area contributed by atoms with Crippen LogP contribution in [0.2, 0.25) is 0 Å². The van der Waals surface area contributed by atoms with Crippen LogP contribution in [0.1, 0.15) is 0 Å². The third-order valence-corrected chi connectivity index (χ3v) is 0. The average molecular weight is 423 g/mol. The molecule has 0 N–H and O–H groups in total. The summed E-state index contributed by atoms with van der Waals surface area (Å²) in [7, 11) is 0. The number of carbonyl (C=O) groups excluding carboxylic acids is 2.